The average Bonchev–Trinajstić information content (AvgIpc) is 2.76. The molecule has 1 aromatic heterocycles. The molecule has 1 N–H and O–H groups in total. The lowest BCUT2D eigenvalue weighted by Gasteiger charge is -2.14. The van der Waals surface area contributed by atoms with Gasteiger partial charge in [-0.1, -0.05) is 41.6 Å². The van der Waals surface area contributed by atoms with Gasteiger partial charge >= 0.3 is 0 Å². The number of nitrogens with one attached hydrogen (secondary N) is 1. The highest BCUT2D eigenvalue weighted by Gasteiger charge is 2.18. The third kappa shape index (κ3) is 4.37. The van der Waals surface area contributed by atoms with Crippen LogP contribution in [0.1, 0.15) is 5.56 Å². The van der Waals surface area contributed by atoms with Crippen molar-refractivity contribution in [1.82, 2.24) is 9.55 Å². The van der Waals surface area contributed by atoms with Gasteiger partial charge in [-0.2, -0.15) is 0 Å². The maximum absolute atomic E-state index is 14.5. The molecule has 0 bridgehead atoms. The van der Waals surface area contributed by atoms with Crippen LogP contribution in [0, 0.1) is 18.6 Å². The van der Waals surface area contributed by atoms with Crippen molar-refractivity contribution in [1.29, 1.82) is 0 Å². The van der Waals surface area contributed by atoms with Crippen LogP contribution in [0.2, 0.25) is 5.02 Å². The summed E-state index contributed by atoms with van der Waals surface area (Å²) in [6.45, 7) is 1.78. The molecular weight excluding hydrogens is 456 g/mol. The summed E-state index contributed by atoms with van der Waals surface area (Å²) < 4.78 is 29.0. The summed E-state index contributed by atoms with van der Waals surface area (Å²) in [5.74, 6) is -2.13. The summed E-state index contributed by atoms with van der Waals surface area (Å²) >= 11 is 7.06. The second kappa shape index (κ2) is 9.10. The first-order valence-corrected chi connectivity index (χ1v) is 10.9. The Morgan fingerprint density at radius 2 is 1.91 bits per heavy atom. The van der Waals surface area contributed by atoms with Gasteiger partial charge in [-0.15, -0.1) is 0 Å². The molecule has 4 rings (SSSR count). The van der Waals surface area contributed by atoms with Gasteiger partial charge in [0.15, 0.2) is 5.16 Å². The SMILES string of the molecule is Cc1c(Cl)cccc1NC(=O)CSc1nc2ccccc2c(=O)n1-c1ccc(F)cc1F. The summed E-state index contributed by atoms with van der Waals surface area (Å²) in [6.07, 6.45) is 0. The number of benzene rings is 3. The molecule has 9 heteroatoms. The predicted molar refractivity (Wildman–Crippen MR) is 123 cm³/mol. The average molecular weight is 472 g/mol. The van der Waals surface area contributed by atoms with Crippen molar-refractivity contribution < 1.29 is 13.6 Å². The van der Waals surface area contributed by atoms with E-state index in [0.717, 1.165) is 28.0 Å². The Balaban J connectivity index is 1.70. The van der Waals surface area contributed by atoms with Gasteiger partial charge in [-0.25, -0.2) is 13.8 Å². The van der Waals surface area contributed by atoms with Crippen molar-refractivity contribution in [3.8, 4) is 5.69 Å². The number of para-hydroxylation sites is 1. The summed E-state index contributed by atoms with van der Waals surface area (Å²) in [5, 5.41) is 3.67. The van der Waals surface area contributed by atoms with Crippen LogP contribution in [0.15, 0.2) is 70.6 Å². The number of anilines is 1. The minimum absolute atomic E-state index is 0.0977. The van der Waals surface area contributed by atoms with Crippen molar-refractivity contribution in [2.75, 3.05) is 11.1 Å². The summed E-state index contributed by atoms with van der Waals surface area (Å²) in [6, 6.07) is 14.7. The number of fused-ring (bicyclic) bond motifs is 1. The zero-order valence-electron chi connectivity index (χ0n) is 16.7. The Morgan fingerprint density at radius 1 is 1.12 bits per heavy atom. The molecule has 1 heterocycles. The zero-order valence-corrected chi connectivity index (χ0v) is 18.3. The van der Waals surface area contributed by atoms with Gasteiger partial charge in [0.1, 0.15) is 11.6 Å². The first-order valence-electron chi connectivity index (χ1n) is 9.50. The highest BCUT2D eigenvalue weighted by atomic mass is 35.5. The van der Waals surface area contributed by atoms with Gasteiger partial charge in [-0.05, 0) is 48.9 Å². The standard InChI is InChI=1S/C23H16ClF2N3O2S/c1-13-16(24)6-4-8-18(13)27-21(30)12-32-23-28-19-7-3-2-5-15(19)22(31)29(23)20-10-9-14(25)11-17(20)26/h2-11H,12H2,1H3,(H,27,30). The Morgan fingerprint density at radius 3 is 2.69 bits per heavy atom. The van der Waals surface area contributed by atoms with E-state index < -0.39 is 17.2 Å². The van der Waals surface area contributed by atoms with E-state index in [2.05, 4.69) is 10.3 Å². The lowest BCUT2D eigenvalue weighted by atomic mass is 10.2. The third-order valence-corrected chi connectivity index (χ3v) is 6.12. The van der Waals surface area contributed by atoms with Gasteiger partial charge in [-0.3, -0.25) is 14.2 Å². The molecule has 1 amide bonds. The predicted octanol–water partition coefficient (Wildman–Crippen LogP) is 5.36. The quantitative estimate of drug-likeness (QED) is 0.314. The van der Waals surface area contributed by atoms with Crippen LogP contribution in [-0.4, -0.2) is 21.2 Å². The maximum Gasteiger partial charge on any atom is 0.266 e. The minimum Gasteiger partial charge on any atom is -0.325 e. The minimum atomic E-state index is -0.912. The maximum atomic E-state index is 14.5. The molecule has 0 saturated carbocycles. The molecule has 162 valence electrons. The molecule has 0 aliphatic rings. The van der Waals surface area contributed by atoms with Crippen molar-refractivity contribution in [2.24, 2.45) is 0 Å². The fourth-order valence-corrected chi connectivity index (χ4v) is 4.12. The van der Waals surface area contributed by atoms with Crippen molar-refractivity contribution >= 4 is 45.9 Å². The van der Waals surface area contributed by atoms with Crippen LogP contribution < -0.4 is 10.9 Å². The van der Waals surface area contributed by atoms with Crippen LogP contribution in [0.25, 0.3) is 16.6 Å². The van der Waals surface area contributed by atoms with E-state index in [1.807, 2.05) is 0 Å². The number of aromatic nitrogens is 2. The van der Waals surface area contributed by atoms with E-state index in [1.165, 1.54) is 6.07 Å². The zero-order chi connectivity index (χ0) is 22.8. The third-order valence-electron chi connectivity index (χ3n) is 4.77. The number of hydrogen-bond donors (Lipinski definition) is 1. The van der Waals surface area contributed by atoms with Crippen molar-refractivity contribution in [2.45, 2.75) is 12.1 Å². The molecule has 0 aliphatic carbocycles. The topological polar surface area (TPSA) is 64.0 Å². The number of carbonyl (C=O) groups excluding carboxylic acids is 1. The fraction of sp³-hybridized carbons (Fsp3) is 0.0870. The van der Waals surface area contributed by atoms with Gasteiger partial charge in [0.2, 0.25) is 5.91 Å². The second-order valence-electron chi connectivity index (χ2n) is 6.90. The van der Waals surface area contributed by atoms with E-state index in [9.17, 15) is 18.4 Å². The van der Waals surface area contributed by atoms with Crippen molar-refractivity contribution in [3.05, 3.63) is 93.2 Å². The number of halogens is 3. The molecule has 0 spiro atoms. The van der Waals surface area contributed by atoms with E-state index >= 15 is 0 Å². The molecule has 3 aromatic carbocycles. The molecule has 0 atom stereocenters. The first kappa shape index (κ1) is 22.0. The molecule has 0 fully saturated rings. The van der Waals surface area contributed by atoms with E-state index in [0.29, 0.717) is 22.3 Å². The number of carbonyl (C=O) groups is 1. The van der Waals surface area contributed by atoms with Crippen molar-refractivity contribution in [3.63, 3.8) is 0 Å². The summed E-state index contributed by atoms with van der Waals surface area (Å²) in [4.78, 5) is 30.1. The van der Waals surface area contributed by atoms with Gasteiger partial charge in [0, 0.05) is 16.8 Å². The van der Waals surface area contributed by atoms with Crippen LogP contribution in [-0.2, 0) is 4.79 Å². The van der Waals surface area contributed by atoms with Gasteiger partial charge in [0.25, 0.3) is 5.56 Å². The molecule has 4 aromatic rings. The Bertz CT molecular complexity index is 1410. The van der Waals surface area contributed by atoms with E-state index in [1.54, 1.807) is 49.4 Å². The molecule has 0 unspecified atom stereocenters. The Kier molecular flexibility index (Phi) is 6.25. The molecule has 0 aliphatic heterocycles. The number of amides is 1. The highest BCUT2D eigenvalue weighted by Crippen LogP contribution is 2.25. The van der Waals surface area contributed by atoms with Gasteiger partial charge < -0.3 is 5.32 Å². The normalized spacial score (nSPS) is 11.0. The number of nitrogens with zero attached hydrogens (tertiary/aromatic N) is 2. The smallest absolute Gasteiger partial charge is 0.266 e. The Hall–Kier alpha value is -3.23. The summed E-state index contributed by atoms with van der Waals surface area (Å²) in [5.41, 5.74) is 1.03. The van der Waals surface area contributed by atoms with E-state index in [4.69, 9.17) is 11.6 Å². The fourth-order valence-electron chi connectivity index (χ4n) is 3.14. The molecule has 0 saturated heterocycles. The Labute approximate surface area is 191 Å². The molecule has 32 heavy (non-hydrogen) atoms. The number of thioether (sulfide) groups is 1. The largest absolute Gasteiger partial charge is 0.325 e. The van der Waals surface area contributed by atoms with Crippen LogP contribution in [0.4, 0.5) is 14.5 Å². The second-order valence-corrected chi connectivity index (χ2v) is 8.25. The number of rotatable bonds is 5. The van der Waals surface area contributed by atoms with Crippen LogP contribution in [0.5, 0.6) is 0 Å². The monoisotopic (exact) mass is 471 g/mol. The van der Waals surface area contributed by atoms with Crippen LogP contribution in [0.3, 0.4) is 0 Å². The van der Waals surface area contributed by atoms with Crippen LogP contribution >= 0.6 is 23.4 Å². The number of hydrogen-bond acceptors (Lipinski definition) is 4. The lowest BCUT2D eigenvalue weighted by Crippen LogP contribution is -2.24. The molecule has 0 radical (unpaired) electrons. The molecule has 5 nitrogen and oxygen atoms in total. The van der Waals surface area contributed by atoms with Gasteiger partial charge in [0.05, 0.1) is 22.3 Å². The lowest BCUT2D eigenvalue weighted by molar-refractivity contribution is -0.113. The first-order chi connectivity index (χ1) is 15.3. The highest BCUT2D eigenvalue weighted by molar-refractivity contribution is 7.99. The summed E-state index contributed by atoms with van der Waals surface area (Å²) in [7, 11) is 0. The van der Waals surface area contributed by atoms with E-state index in [-0.39, 0.29) is 27.9 Å². The molecular formula is C23H16ClF2N3O2S.